The van der Waals surface area contributed by atoms with E-state index < -0.39 is 5.91 Å². The number of rotatable bonds is 7. The zero-order valence-electron chi connectivity index (χ0n) is 12.8. The van der Waals surface area contributed by atoms with Gasteiger partial charge in [-0.1, -0.05) is 30.3 Å². The Bertz CT molecular complexity index is 653. The molecule has 0 unspecified atom stereocenters. The summed E-state index contributed by atoms with van der Waals surface area (Å²) in [5.41, 5.74) is 4.69. The lowest BCUT2D eigenvalue weighted by atomic mass is 10.0. The molecule has 0 heterocycles. The third-order valence-corrected chi connectivity index (χ3v) is 3.73. The van der Waals surface area contributed by atoms with Crippen LogP contribution in [0.5, 0.6) is 11.5 Å². The molecule has 0 fully saturated rings. The van der Waals surface area contributed by atoms with Gasteiger partial charge in [0.25, 0.3) is 0 Å². The van der Waals surface area contributed by atoms with E-state index in [9.17, 15) is 15.0 Å². The average molecular weight is 315 g/mol. The molecule has 1 amide bonds. The predicted octanol–water partition coefficient (Wildman–Crippen LogP) is 2.71. The maximum Gasteiger partial charge on any atom is 0.247 e. The van der Waals surface area contributed by atoms with E-state index in [1.54, 1.807) is 11.5 Å². The highest BCUT2D eigenvalue weighted by Gasteiger charge is 2.03. The van der Waals surface area contributed by atoms with Crippen LogP contribution < -0.4 is 5.48 Å². The Morgan fingerprint density at radius 1 is 0.826 bits per heavy atom. The maximum absolute atomic E-state index is 11.1. The number of benzene rings is 2. The molecule has 0 spiro atoms. The lowest BCUT2D eigenvalue weighted by Gasteiger charge is -2.05. The number of carbonyl (C=O) groups excluding carboxylic acids is 1. The molecule has 122 valence electrons. The van der Waals surface area contributed by atoms with Crippen molar-refractivity contribution in [3.63, 3.8) is 0 Å². The molecule has 0 aromatic heterocycles. The predicted molar refractivity (Wildman–Crippen MR) is 86.5 cm³/mol. The van der Waals surface area contributed by atoms with Crippen LogP contribution in [0.25, 0.3) is 0 Å². The van der Waals surface area contributed by atoms with Crippen LogP contribution in [0.2, 0.25) is 0 Å². The second-order valence-electron chi connectivity index (χ2n) is 5.56. The van der Waals surface area contributed by atoms with Crippen LogP contribution in [0.4, 0.5) is 0 Å². The zero-order chi connectivity index (χ0) is 16.7. The van der Waals surface area contributed by atoms with Gasteiger partial charge >= 0.3 is 0 Å². The number of nitrogens with one attached hydrogen (secondary N) is 1. The van der Waals surface area contributed by atoms with Gasteiger partial charge < -0.3 is 10.2 Å². The molecule has 0 radical (unpaired) electrons. The third-order valence-electron chi connectivity index (χ3n) is 3.73. The number of hydrogen-bond donors (Lipinski definition) is 4. The topological polar surface area (TPSA) is 89.8 Å². The van der Waals surface area contributed by atoms with E-state index in [1.807, 2.05) is 30.3 Å². The van der Waals surface area contributed by atoms with Crippen molar-refractivity contribution in [2.45, 2.75) is 32.1 Å². The number of amides is 1. The monoisotopic (exact) mass is 315 g/mol. The minimum atomic E-state index is -0.421. The third kappa shape index (κ3) is 5.30. The van der Waals surface area contributed by atoms with E-state index in [0.29, 0.717) is 0 Å². The number of hydroxylamine groups is 1. The fraction of sp³-hybridized carbons (Fsp3) is 0.278. The van der Waals surface area contributed by atoms with Crippen molar-refractivity contribution in [1.82, 2.24) is 5.48 Å². The Kier molecular flexibility index (Phi) is 6.00. The first kappa shape index (κ1) is 16.8. The Hall–Kier alpha value is -2.53. The van der Waals surface area contributed by atoms with Crippen LogP contribution in [-0.2, 0) is 24.1 Å². The lowest BCUT2D eigenvalue weighted by Crippen LogP contribution is -2.20. The fourth-order valence-corrected chi connectivity index (χ4v) is 2.43. The number of carbonyl (C=O) groups is 1. The van der Waals surface area contributed by atoms with Crippen LogP contribution in [0.3, 0.4) is 0 Å². The first-order valence-corrected chi connectivity index (χ1v) is 7.60. The van der Waals surface area contributed by atoms with Gasteiger partial charge in [0.1, 0.15) is 0 Å². The highest BCUT2D eigenvalue weighted by molar-refractivity contribution is 5.77. The number of phenolic OH excluding ortho intramolecular Hbond substituents is 2. The standard InChI is InChI=1S/C18H21NO4/c20-16-10-9-14(11-17(16)21)4-2-1-3-13-5-7-15(8-6-13)12-18(22)19-23/h5-11,20-21,23H,1-4,12H2,(H,19,22). The highest BCUT2D eigenvalue weighted by Crippen LogP contribution is 2.25. The van der Waals surface area contributed by atoms with E-state index in [0.717, 1.165) is 36.8 Å². The first-order chi connectivity index (χ1) is 11.1. The van der Waals surface area contributed by atoms with Crippen molar-refractivity contribution < 1.29 is 20.2 Å². The smallest absolute Gasteiger partial charge is 0.247 e. The normalized spacial score (nSPS) is 10.5. The molecular formula is C18H21NO4. The number of phenols is 2. The molecule has 2 aromatic rings. The molecule has 0 aliphatic heterocycles. The summed E-state index contributed by atoms with van der Waals surface area (Å²) >= 11 is 0. The summed E-state index contributed by atoms with van der Waals surface area (Å²) in [7, 11) is 0. The SMILES string of the molecule is O=C(Cc1ccc(CCCCc2ccc(O)c(O)c2)cc1)NO. The van der Waals surface area contributed by atoms with Crippen LogP contribution >= 0.6 is 0 Å². The minimum Gasteiger partial charge on any atom is -0.504 e. The van der Waals surface area contributed by atoms with Gasteiger partial charge in [-0.25, -0.2) is 5.48 Å². The summed E-state index contributed by atoms with van der Waals surface area (Å²) < 4.78 is 0. The Labute approximate surface area is 135 Å². The van der Waals surface area contributed by atoms with E-state index in [-0.39, 0.29) is 17.9 Å². The van der Waals surface area contributed by atoms with Gasteiger partial charge in [0.2, 0.25) is 5.91 Å². The summed E-state index contributed by atoms with van der Waals surface area (Å²) in [4.78, 5) is 11.1. The molecule has 0 aliphatic carbocycles. The molecule has 4 N–H and O–H groups in total. The van der Waals surface area contributed by atoms with Gasteiger partial charge in [0.15, 0.2) is 11.5 Å². The molecule has 23 heavy (non-hydrogen) atoms. The van der Waals surface area contributed by atoms with E-state index >= 15 is 0 Å². The summed E-state index contributed by atoms with van der Waals surface area (Å²) in [5.74, 6) is -0.594. The van der Waals surface area contributed by atoms with Crippen LogP contribution in [0.1, 0.15) is 29.5 Å². The Morgan fingerprint density at radius 2 is 1.39 bits per heavy atom. The van der Waals surface area contributed by atoms with Crippen LogP contribution in [0, 0.1) is 0 Å². The van der Waals surface area contributed by atoms with E-state index in [2.05, 4.69) is 0 Å². The van der Waals surface area contributed by atoms with Crippen LogP contribution in [0.15, 0.2) is 42.5 Å². The molecule has 0 bridgehead atoms. The summed E-state index contributed by atoms with van der Waals surface area (Å²) in [6.07, 6.45) is 3.96. The Balaban J connectivity index is 1.75. The molecular weight excluding hydrogens is 294 g/mol. The largest absolute Gasteiger partial charge is 0.504 e. The molecule has 0 saturated heterocycles. The molecule has 0 saturated carbocycles. The maximum atomic E-state index is 11.1. The molecule has 5 nitrogen and oxygen atoms in total. The van der Waals surface area contributed by atoms with Crippen molar-refractivity contribution in [3.05, 3.63) is 59.2 Å². The van der Waals surface area contributed by atoms with Crippen molar-refractivity contribution in [2.24, 2.45) is 0 Å². The molecule has 0 atom stereocenters. The molecule has 2 aromatic carbocycles. The number of aryl methyl sites for hydroxylation is 2. The van der Waals surface area contributed by atoms with Gasteiger partial charge in [-0.3, -0.25) is 10.0 Å². The average Bonchev–Trinajstić information content (AvgIpc) is 2.56. The summed E-state index contributed by atoms with van der Waals surface area (Å²) in [6.45, 7) is 0. The van der Waals surface area contributed by atoms with Gasteiger partial charge in [-0.05, 0) is 54.5 Å². The number of hydrogen-bond acceptors (Lipinski definition) is 4. The summed E-state index contributed by atoms with van der Waals surface area (Å²) in [5, 5.41) is 27.2. The van der Waals surface area contributed by atoms with Crippen molar-refractivity contribution >= 4 is 5.91 Å². The van der Waals surface area contributed by atoms with E-state index in [4.69, 9.17) is 5.21 Å². The van der Waals surface area contributed by atoms with Crippen molar-refractivity contribution in [1.29, 1.82) is 0 Å². The van der Waals surface area contributed by atoms with Gasteiger partial charge in [-0.15, -0.1) is 0 Å². The zero-order valence-corrected chi connectivity index (χ0v) is 12.8. The first-order valence-electron chi connectivity index (χ1n) is 7.60. The van der Waals surface area contributed by atoms with Gasteiger partial charge in [-0.2, -0.15) is 0 Å². The second-order valence-corrected chi connectivity index (χ2v) is 5.56. The lowest BCUT2D eigenvalue weighted by molar-refractivity contribution is -0.128. The number of unbranched alkanes of at least 4 members (excludes halogenated alkanes) is 1. The van der Waals surface area contributed by atoms with Crippen molar-refractivity contribution in [3.8, 4) is 11.5 Å². The van der Waals surface area contributed by atoms with E-state index in [1.165, 1.54) is 11.6 Å². The Morgan fingerprint density at radius 3 is 2.00 bits per heavy atom. The van der Waals surface area contributed by atoms with Crippen LogP contribution in [-0.4, -0.2) is 21.3 Å². The molecule has 2 rings (SSSR count). The number of aromatic hydroxyl groups is 2. The van der Waals surface area contributed by atoms with Gasteiger partial charge in [0, 0.05) is 0 Å². The highest BCUT2D eigenvalue weighted by atomic mass is 16.5. The fourth-order valence-electron chi connectivity index (χ4n) is 2.43. The van der Waals surface area contributed by atoms with Crippen molar-refractivity contribution in [2.75, 3.05) is 0 Å². The molecule has 0 aliphatic rings. The van der Waals surface area contributed by atoms with Gasteiger partial charge in [0.05, 0.1) is 6.42 Å². The summed E-state index contributed by atoms with van der Waals surface area (Å²) in [6, 6.07) is 12.7. The minimum absolute atomic E-state index is 0.0787. The second kappa shape index (κ2) is 8.19. The molecule has 5 heteroatoms. The quantitative estimate of drug-likeness (QED) is 0.274.